The van der Waals surface area contributed by atoms with Crippen LogP contribution in [-0.2, 0) is 0 Å². The molecule has 2 aliphatic rings. The Morgan fingerprint density at radius 1 is 1.21 bits per heavy atom. The van der Waals surface area contributed by atoms with Gasteiger partial charge in [0, 0.05) is 12.1 Å². The number of nitrogens with zero attached hydrogens (tertiary/aromatic N) is 1. The zero-order valence-electron chi connectivity index (χ0n) is 14.3. The van der Waals surface area contributed by atoms with E-state index >= 15 is 0 Å². The fourth-order valence-corrected chi connectivity index (χ4v) is 3.06. The minimum Gasteiger partial charge on any atom is -0.465 e. The third-order valence-electron chi connectivity index (χ3n) is 4.87. The molecule has 0 radical (unpaired) electrons. The molecule has 2 aromatic rings. The van der Waals surface area contributed by atoms with Crippen LogP contribution in [0.5, 0.6) is 5.75 Å². The maximum absolute atomic E-state index is 13.9. The normalized spacial score (nSPS) is 17.8. The Balaban J connectivity index is 0.000000290. The van der Waals surface area contributed by atoms with Crippen molar-refractivity contribution in [1.82, 2.24) is 10.2 Å². The number of aromatic nitrogens is 2. The number of rotatable bonds is 2. The van der Waals surface area contributed by atoms with E-state index in [1.165, 1.54) is 50.2 Å². The predicted octanol–water partition coefficient (Wildman–Crippen LogP) is 5.32. The smallest absolute Gasteiger partial charge is 0.156 e. The summed E-state index contributed by atoms with van der Waals surface area (Å²) in [6.07, 6.45) is 12.1. The maximum Gasteiger partial charge on any atom is 0.156 e. The second-order valence-electron chi connectivity index (χ2n) is 6.93. The number of nitrogen functional groups attached to an aromatic ring is 1. The number of halogens is 1. The highest BCUT2D eigenvalue weighted by atomic mass is 19.1. The van der Waals surface area contributed by atoms with Gasteiger partial charge in [0.05, 0.1) is 17.2 Å². The average Bonchev–Trinajstić information content (AvgIpc) is 2.94. The number of allylic oxidation sites excluding steroid dienone is 1. The van der Waals surface area contributed by atoms with Crippen LogP contribution in [0.15, 0.2) is 24.0 Å². The van der Waals surface area contributed by atoms with Crippen molar-refractivity contribution in [2.45, 2.75) is 58.3 Å². The first-order chi connectivity index (χ1) is 11.6. The summed E-state index contributed by atoms with van der Waals surface area (Å²) in [6, 6.07) is 3.05. The Labute approximate surface area is 142 Å². The van der Waals surface area contributed by atoms with Gasteiger partial charge in [-0.15, -0.1) is 0 Å². The van der Waals surface area contributed by atoms with Crippen molar-refractivity contribution >= 4 is 16.7 Å². The molecule has 1 aromatic carbocycles. The SMILES string of the molecule is CC1CCC1.Nc1n[nH]c2cc(OC=C3CCCCC3)cc(F)c12. The van der Waals surface area contributed by atoms with Gasteiger partial charge in [-0.2, -0.15) is 5.10 Å². The number of hydrogen-bond donors (Lipinski definition) is 2. The number of benzene rings is 1. The monoisotopic (exact) mass is 331 g/mol. The van der Waals surface area contributed by atoms with E-state index in [1.54, 1.807) is 12.3 Å². The average molecular weight is 331 g/mol. The van der Waals surface area contributed by atoms with Crippen molar-refractivity contribution in [2.24, 2.45) is 5.92 Å². The third-order valence-corrected chi connectivity index (χ3v) is 4.87. The van der Waals surface area contributed by atoms with Crippen molar-refractivity contribution in [1.29, 1.82) is 0 Å². The van der Waals surface area contributed by atoms with Gasteiger partial charge in [0.2, 0.25) is 0 Å². The summed E-state index contributed by atoms with van der Waals surface area (Å²) in [5.74, 6) is 1.28. The second kappa shape index (κ2) is 7.69. The standard InChI is InChI=1S/C14H16FN3O.C5H10/c15-11-6-10(7-12-13(11)14(16)18-17-12)19-8-9-4-2-1-3-5-9;1-5-3-2-4-5/h6-8H,1-5H2,(H3,16,17,18);5H,2-4H2,1H3. The molecule has 2 fully saturated rings. The first-order valence-electron chi connectivity index (χ1n) is 8.91. The van der Waals surface area contributed by atoms with Crippen molar-refractivity contribution in [2.75, 3.05) is 5.73 Å². The van der Waals surface area contributed by atoms with Gasteiger partial charge >= 0.3 is 0 Å². The third kappa shape index (κ3) is 4.08. The minimum atomic E-state index is -0.416. The molecule has 0 aliphatic heterocycles. The van der Waals surface area contributed by atoms with E-state index in [1.807, 2.05) is 0 Å². The number of hydrogen-bond acceptors (Lipinski definition) is 3. The predicted molar refractivity (Wildman–Crippen MR) is 95.3 cm³/mol. The van der Waals surface area contributed by atoms with E-state index in [2.05, 4.69) is 17.1 Å². The lowest BCUT2D eigenvalue weighted by Gasteiger charge is -2.18. The lowest BCUT2D eigenvalue weighted by Crippen LogP contribution is -2.04. The molecule has 4 nitrogen and oxygen atoms in total. The van der Waals surface area contributed by atoms with Gasteiger partial charge in [-0.3, -0.25) is 5.10 Å². The molecule has 130 valence electrons. The largest absolute Gasteiger partial charge is 0.465 e. The molecule has 2 saturated carbocycles. The lowest BCUT2D eigenvalue weighted by molar-refractivity contribution is 0.346. The van der Waals surface area contributed by atoms with Crippen LogP contribution in [0.4, 0.5) is 10.2 Å². The summed E-state index contributed by atoms with van der Waals surface area (Å²) in [5, 5.41) is 6.80. The number of fused-ring (bicyclic) bond motifs is 1. The fourth-order valence-electron chi connectivity index (χ4n) is 3.06. The summed E-state index contributed by atoms with van der Waals surface area (Å²) < 4.78 is 19.4. The summed E-state index contributed by atoms with van der Waals surface area (Å²) in [5.41, 5.74) is 7.42. The first-order valence-corrected chi connectivity index (χ1v) is 8.91. The molecule has 3 N–H and O–H groups in total. The number of nitrogens with one attached hydrogen (secondary N) is 1. The van der Waals surface area contributed by atoms with Gasteiger partial charge in [-0.05, 0) is 37.2 Å². The zero-order valence-corrected chi connectivity index (χ0v) is 14.3. The van der Waals surface area contributed by atoms with Crippen molar-refractivity contribution in [3.8, 4) is 5.75 Å². The summed E-state index contributed by atoms with van der Waals surface area (Å²) in [6.45, 7) is 2.31. The Morgan fingerprint density at radius 3 is 2.54 bits per heavy atom. The molecule has 24 heavy (non-hydrogen) atoms. The summed E-state index contributed by atoms with van der Waals surface area (Å²) >= 11 is 0. The molecular weight excluding hydrogens is 305 g/mol. The molecule has 0 amide bonds. The molecule has 4 rings (SSSR count). The van der Waals surface area contributed by atoms with E-state index in [-0.39, 0.29) is 5.82 Å². The molecule has 1 heterocycles. The van der Waals surface area contributed by atoms with Crippen LogP contribution in [0.25, 0.3) is 10.9 Å². The van der Waals surface area contributed by atoms with Gasteiger partial charge in [-0.1, -0.05) is 32.6 Å². The Kier molecular flexibility index (Phi) is 5.38. The highest BCUT2D eigenvalue weighted by molar-refractivity contribution is 5.90. The number of anilines is 1. The van der Waals surface area contributed by atoms with Gasteiger partial charge in [0.15, 0.2) is 5.82 Å². The summed E-state index contributed by atoms with van der Waals surface area (Å²) in [7, 11) is 0. The number of aromatic amines is 1. The first kappa shape index (κ1) is 16.8. The number of H-pyrrole nitrogens is 1. The Bertz CT molecular complexity index is 711. The lowest BCUT2D eigenvalue weighted by atomic mass is 9.88. The number of nitrogens with two attached hydrogens (primary N) is 1. The fraction of sp³-hybridized carbons (Fsp3) is 0.526. The van der Waals surface area contributed by atoms with Crippen LogP contribution in [0.3, 0.4) is 0 Å². The van der Waals surface area contributed by atoms with E-state index in [4.69, 9.17) is 10.5 Å². The molecular formula is C19H26FN3O. The topological polar surface area (TPSA) is 63.9 Å². The van der Waals surface area contributed by atoms with E-state index in [0.717, 1.165) is 18.8 Å². The molecule has 5 heteroatoms. The molecule has 1 aromatic heterocycles. The van der Waals surface area contributed by atoms with Crippen LogP contribution < -0.4 is 10.5 Å². The molecule has 0 atom stereocenters. The quantitative estimate of drug-likeness (QED) is 0.732. The highest BCUT2D eigenvalue weighted by Crippen LogP contribution is 2.28. The van der Waals surface area contributed by atoms with E-state index in [0.29, 0.717) is 16.7 Å². The van der Waals surface area contributed by atoms with Crippen LogP contribution in [0.1, 0.15) is 58.3 Å². The molecule has 2 aliphatic carbocycles. The van der Waals surface area contributed by atoms with E-state index in [9.17, 15) is 4.39 Å². The van der Waals surface area contributed by atoms with Gasteiger partial charge < -0.3 is 10.5 Å². The number of ether oxygens (including phenoxy) is 1. The maximum atomic E-state index is 13.9. The van der Waals surface area contributed by atoms with Crippen LogP contribution in [0, 0.1) is 11.7 Å². The Hall–Kier alpha value is -2.04. The van der Waals surface area contributed by atoms with Crippen molar-refractivity contribution in [3.05, 3.63) is 29.8 Å². The van der Waals surface area contributed by atoms with Gasteiger partial charge in [-0.25, -0.2) is 4.39 Å². The molecule has 0 unspecified atom stereocenters. The Morgan fingerprint density at radius 2 is 1.92 bits per heavy atom. The van der Waals surface area contributed by atoms with Crippen LogP contribution in [0.2, 0.25) is 0 Å². The van der Waals surface area contributed by atoms with Crippen LogP contribution >= 0.6 is 0 Å². The van der Waals surface area contributed by atoms with E-state index < -0.39 is 5.82 Å². The van der Waals surface area contributed by atoms with Crippen molar-refractivity contribution < 1.29 is 9.13 Å². The molecule has 0 bridgehead atoms. The molecule has 0 spiro atoms. The second-order valence-corrected chi connectivity index (χ2v) is 6.93. The van der Waals surface area contributed by atoms with Crippen molar-refractivity contribution in [3.63, 3.8) is 0 Å². The summed E-state index contributed by atoms with van der Waals surface area (Å²) in [4.78, 5) is 0. The zero-order chi connectivity index (χ0) is 16.9. The van der Waals surface area contributed by atoms with Gasteiger partial charge in [0.1, 0.15) is 11.6 Å². The minimum absolute atomic E-state index is 0.171. The highest BCUT2D eigenvalue weighted by Gasteiger charge is 2.11. The van der Waals surface area contributed by atoms with Gasteiger partial charge in [0.25, 0.3) is 0 Å². The van der Waals surface area contributed by atoms with Crippen LogP contribution in [-0.4, -0.2) is 10.2 Å². The molecule has 0 saturated heterocycles.